The lowest BCUT2D eigenvalue weighted by Gasteiger charge is -2.27. The highest BCUT2D eigenvalue weighted by molar-refractivity contribution is 7.17. The van der Waals surface area contributed by atoms with E-state index in [0.29, 0.717) is 119 Å². The molecule has 0 atom stereocenters. The molecule has 3 fully saturated rings. The van der Waals surface area contributed by atoms with Crippen molar-refractivity contribution in [2.45, 2.75) is 139 Å². The molecule has 10 aromatic rings. The van der Waals surface area contributed by atoms with Crippen LogP contribution in [0.1, 0.15) is 193 Å². The van der Waals surface area contributed by atoms with Gasteiger partial charge in [0.15, 0.2) is 0 Å². The van der Waals surface area contributed by atoms with Crippen LogP contribution < -0.4 is 0 Å². The maximum Gasteiger partial charge on any atom is 0.256 e. The minimum Gasteiger partial charge on any atom is -0.378 e. The van der Waals surface area contributed by atoms with Gasteiger partial charge in [0.05, 0.1) is 55.8 Å². The molecule has 3 aliphatic heterocycles. The van der Waals surface area contributed by atoms with Crippen LogP contribution in [0.2, 0.25) is 5.02 Å². The van der Waals surface area contributed by atoms with Crippen LogP contribution in [0.3, 0.4) is 0 Å². The highest BCUT2D eigenvalue weighted by Crippen LogP contribution is 2.38. The van der Waals surface area contributed by atoms with E-state index in [2.05, 4.69) is 193 Å². The van der Waals surface area contributed by atoms with Crippen molar-refractivity contribution < 1.29 is 33.0 Å². The first-order chi connectivity index (χ1) is 49.5. The highest BCUT2D eigenvalue weighted by atomic mass is 35.5. The topological polar surface area (TPSA) is 88.6 Å². The average molecular weight is 1500 g/mol. The van der Waals surface area contributed by atoms with E-state index in [1.807, 2.05) is 93.5 Å². The number of carbonyl (C=O) groups excluding carboxylic acids is 3. The minimum atomic E-state index is -0.460. The summed E-state index contributed by atoms with van der Waals surface area (Å²) < 4.78 is 30.2. The maximum absolute atomic E-state index is 14.4. The Morgan fingerprint density at radius 2 is 0.680 bits per heavy atom. The predicted octanol–water partition coefficient (Wildman–Crippen LogP) is 24.1. The number of morpholine rings is 3. The molecule has 8 heterocycles. The molecule has 5 aromatic heterocycles. The molecule has 546 valence electrons. The SMILES string of the molecule is CC(C)Cc1ccc(-c2ccc(C(C)C)s2)cc1.CC(C)c1ccc(-c2ccc(C(=O)N3CCOCC3)c(Cl)c2)s1.CC(C)c1ccc(-c2ccc(C(=O)N3CCOCC3)c(F)c2)s1.CC(C)c1ccc(-c2ccc(C(=O)N3CCOCC3)cc2)s1.CCCc1ccc(-c2ccc(C(C)C)s2)cc1. The van der Waals surface area contributed by atoms with E-state index < -0.39 is 5.82 Å². The molecule has 13 rings (SSSR count). The highest BCUT2D eigenvalue weighted by Gasteiger charge is 2.25. The van der Waals surface area contributed by atoms with Gasteiger partial charge in [0.25, 0.3) is 17.7 Å². The molecule has 0 spiro atoms. The normalized spacial score (nSPS) is 13.9. The van der Waals surface area contributed by atoms with Gasteiger partial charge in [-0.25, -0.2) is 4.39 Å². The van der Waals surface area contributed by atoms with E-state index >= 15 is 0 Å². The Hall–Kier alpha value is -6.89. The van der Waals surface area contributed by atoms with Crippen LogP contribution in [-0.2, 0) is 27.1 Å². The number of amides is 3. The van der Waals surface area contributed by atoms with E-state index in [1.165, 1.54) is 97.0 Å². The first-order valence-corrected chi connectivity index (χ1v) is 41.0. The van der Waals surface area contributed by atoms with Crippen molar-refractivity contribution in [3.8, 4) is 52.2 Å². The van der Waals surface area contributed by atoms with Gasteiger partial charge in [-0.2, -0.15) is 0 Å². The zero-order valence-corrected chi connectivity index (χ0v) is 67.2. The zero-order chi connectivity index (χ0) is 73.7. The van der Waals surface area contributed by atoms with Gasteiger partial charge in [-0.05, 0) is 184 Å². The second-order valence-corrected chi connectivity index (χ2v) is 34.2. The molecule has 0 unspecified atom stereocenters. The Morgan fingerprint density at radius 1 is 0.379 bits per heavy atom. The van der Waals surface area contributed by atoms with E-state index in [0.717, 1.165) is 27.5 Å². The molecule has 0 radical (unpaired) electrons. The summed E-state index contributed by atoms with van der Waals surface area (Å²) in [7, 11) is 0. The Labute approximate surface area is 637 Å². The summed E-state index contributed by atoms with van der Waals surface area (Å²) in [5.41, 5.74) is 10.1. The quantitative estimate of drug-likeness (QED) is 0.0902. The van der Waals surface area contributed by atoms with Gasteiger partial charge >= 0.3 is 0 Å². The first kappa shape index (κ1) is 80.2. The van der Waals surface area contributed by atoms with Gasteiger partial charge in [-0.15, -0.1) is 56.7 Å². The summed E-state index contributed by atoms with van der Waals surface area (Å²) in [5.74, 6) is 2.89. The lowest BCUT2D eigenvalue weighted by atomic mass is 10.0. The lowest BCUT2D eigenvalue weighted by molar-refractivity contribution is 0.0299. The number of aryl methyl sites for hydroxylation is 1. The molecule has 16 heteroatoms. The third-order valence-corrected chi connectivity index (χ3v) is 25.4. The summed E-state index contributed by atoms with van der Waals surface area (Å²) >= 11 is 15.5. The fourth-order valence-corrected chi connectivity index (χ4v) is 17.1. The molecule has 5 aromatic carbocycles. The monoisotopic (exact) mass is 1500 g/mol. The van der Waals surface area contributed by atoms with Crippen molar-refractivity contribution in [1.82, 2.24) is 14.7 Å². The number of halogens is 2. The molecule has 3 aliphatic rings. The molecule has 0 aliphatic carbocycles. The van der Waals surface area contributed by atoms with Crippen LogP contribution >= 0.6 is 68.3 Å². The number of ether oxygens (including phenoxy) is 3. The van der Waals surface area contributed by atoms with Crippen molar-refractivity contribution in [1.29, 1.82) is 0 Å². The zero-order valence-electron chi connectivity index (χ0n) is 62.3. The molecule has 3 amide bonds. The van der Waals surface area contributed by atoms with Crippen LogP contribution in [0.25, 0.3) is 52.2 Å². The Morgan fingerprint density at radius 3 is 1.00 bits per heavy atom. The summed E-state index contributed by atoms with van der Waals surface area (Å²) in [6.07, 6.45) is 3.57. The summed E-state index contributed by atoms with van der Waals surface area (Å²) in [6.45, 7) is 36.0. The first-order valence-electron chi connectivity index (χ1n) is 36.5. The van der Waals surface area contributed by atoms with Crippen LogP contribution in [0, 0.1) is 11.7 Å². The van der Waals surface area contributed by atoms with Gasteiger partial charge in [0.1, 0.15) is 5.82 Å². The third-order valence-electron chi connectivity index (χ3n) is 17.9. The molecule has 103 heavy (non-hydrogen) atoms. The van der Waals surface area contributed by atoms with Gasteiger partial charge < -0.3 is 28.9 Å². The maximum atomic E-state index is 14.4. The number of benzene rings is 5. The van der Waals surface area contributed by atoms with Crippen molar-refractivity contribution in [2.75, 3.05) is 78.9 Å². The molecule has 9 nitrogen and oxygen atoms in total. The number of hydrogen-bond acceptors (Lipinski definition) is 11. The molecule has 0 bridgehead atoms. The Balaban J connectivity index is 0.000000150. The summed E-state index contributed by atoms with van der Waals surface area (Å²) in [4.78, 5) is 55.9. The van der Waals surface area contributed by atoms with E-state index in [-0.39, 0.29) is 23.3 Å². The van der Waals surface area contributed by atoms with Crippen molar-refractivity contribution in [2.24, 2.45) is 5.92 Å². The molecule has 3 saturated heterocycles. The van der Waals surface area contributed by atoms with Gasteiger partial charge in [-0.1, -0.05) is 181 Å². The number of carbonyl (C=O) groups is 3. The summed E-state index contributed by atoms with van der Waals surface area (Å²) in [6, 6.07) is 58.3. The average Bonchev–Trinajstić information content (AvgIpc) is 1.33. The minimum absolute atomic E-state index is 0.0149. The fourth-order valence-electron chi connectivity index (χ4n) is 11.8. The van der Waals surface area contributed by atoms with Crippen LogP contribution in [0.5, 0.6) is 0 Å². The number of nitrogens with zero attached hydrogens (tertiary/aromatic N) is 3. The van der Waals surface area contributed by atoms with Gasteiger partial charge in [0.2, 0.25) is 0 Å². The molecular weight excluding hydrogens is 1400 g/mol. The molecule has 0 N–H and O–H groups in total. The second kappa shape index (κ2) is 39.5. The van der Waals surface area contributed by atoms with E-state index in [4.69, 9.17) is 25.8 Å². The second-order valence-electron chi connectivity index (χ2n) is 28.2. The fraction of sp³-hybridized carbons (Fsp3) is 0.391. The smallest absolute Gasteiger partial charge is 0.256 e. The molecule has 0 saturated carbocycles. The van der Waals surface area contributed by atoms with Crippen molar-refractivity contribution in [3.05, 3.63) is 233 Å². The number of hydrogen-bond donors (Lipinski definition) is 0. The standard InChI is InChI=1S/C18H20ClNO2S.C18H20FNO2S.C18H21NO2S.C17H22S.C16H20S/c2*1-12(2)16-5-6-17(23-16)13-3-4-14(15(19)11-13)18(21)20-7-9-22-10-8-20;1-13(2)16-7-8-17(22-16)14-3-5-15(6-4-14)18(20)19-9-11-21-12-10-19;1-12(2)11-14-5-7-15(8-6-14)17-10-9-16(18-17)13(3)4;1-4-5-13-6-8-14(9-7-13)16-11-10-15(17-16)12(2)3/h2*3-6,11-12H,7-10H2,1-2H3;3-8,13H,9-12H2,1-2H3;5-10,12-13H,11H2,1-4H3;6-12H,4-5H2,1-3H3. The van der Waals surface area contributed by atoms with Gasteiger partial charge in [0, 0.05) is 93.6 Å². The van der Waals surface area contributed by atoms with Crippen LogP contribution in [-0.4, -0.2) is 111 Å². The van der Waals surface area contributed by atoms with Crippen molar-refractivity contribution in [3.63, 3.8) is 0 Å². The van der Waals surface area contributed by atoms with E-state index in [9.17, 15) is 18.8 Å². The lowest BCUT2D eigenvalue weighted by Crippen LogP contribution is -2.41. The summed E-state index contributed by atoms with van der Waals surface area (Å²) in [5, 5.41) is 0.512. The largest absolute Gasteiger partial charge is 0.378 e. The Bertz CT molecular complexity index is 4150. The van der Waals surface area contributed by atoms with E-state index in [1.54, 1.807) is 38.5 Å². The van der Waals surface area contributed by atoms with Crippen molar-refractivity contribution >= 4 is 86.0 Å². The van der Waals surface area contributed by atoms with Crippen LogP contribution in [0.4, 0.5) is 4.39 Å². The number of thiophene rings is 5. The number of rotatable bonds is 17. The van der Waals surface area contributed by atoms with Crippen LogP contribution in [0.15, 0.2) is 170 Å². The third kappa shape index (κ3) is 23.1. The molecular formula is C87H103ClFN3O6S5. The van der Waals surface area contributed by atoms with Gasteiger partial charge in [-0.3, -0.25) is 14.4 Å². The predicted molar refractivity (Wildman–Crippen MR) is 437 cm³/mol. The Kier molecular flexibility index (Phi) is 30.7.